The van der Waals surface area contributed by atoms with Crippen LogP contribution in [0.25, 0.3) is 17.0 Å². The molecule has 0 bridgehead atoms. The first kappa shape index (κ1) is 12.3. The molecule has 7 heteroatoms. The Labute approximate surface area is 117 Å². The standard InChI is InChI=1S/C12H7Cl2FN4/c1-6-16-10(14)5-11-17-18-12(19(6)11)8-3-2-7(15)4-9(8)13/h2-5H,1H3. The van der Waals surface area contributed by atoms with E-state index in [9.17, 15) is 4.39 Å². The second-order valence-corrected chi connectivity index (χ2v) is 4.76. The number of rotatable bonds is 1. The van der Waals surface area contributed by atoms with Crippen LogP contribution in [0, 0.1) is 12.7 Å². The molecular weight excluding hydrogens is 290 g/mol. The van der Waals surface area contributed by atoms with Crippen LogP contribution in [-0.4, -0.2) is 19.6 Å². The number of aryl methyl sites for hydroxylation is 1. The zero-order chi connectivity index (χ0) is 13.6. The molecule has 0 saturated heterocycles. The van der Waals surface area contributed by atoms with E-state index in [4.69, 9.17) is 23.2 Å². The topological polar surface area (TPSA) is 43.1 Å². The summed E-state index contributed by atoms with van der Waals surface area (Å²) in [5, 5.41) is 8.69. The summed E-state index contributed by atoms with van der Waals surface area (Å²) in [4.78, 5) is 4.14. The van der Waals surface area contributed by atoms with Crippen molar-refractivity contribution < 1.29 is 4.39 Å². The van der Waals surface area contributed by atoms with Crippen LogP contribution in [0.1, 0.15) is 5.82 Å². The molecule has 96 valence electrons. The van der Waals surface area contributed by atoms with Gasteiger partial charge in [0.2, 0.25) is 0 Å². The van der Waals surface area contributed by atoms with Crippen molar-refractivity contribution in [1.82, 2.24) is 19.6 Å². The molecule has 4 nitrogen and oxygen atoms in total. The van der Waals surface area contributed by atoms with Crippen LogP contribution in [0.15, 0.2) is 24.3 Å². The van der Waals surface area contributed by atoms with Gasteiger partial charge in [-0.05, 0) is 25.1 Å². The normalized spacial score (nSPS) is 11.2. The Morgan fingerprint density at radius 1 is 1.16 bits per heavy atom. The molecule has 0 atom stereocenters. The van der Waals surface area contributed by atoms with Gasteiger partial charge in [0, 0.05) is 11.6 Å². The summed E-state index contributed by atoms with van der Waals surface area (Å²) in [7, 11) is 0. The van der Waals surface area contributed by atoms with Crippen LogP contribution in [0.3, 0.4) is 0 Å². The highest BCUT2D eigenvalue weighted by atomic mass is 35.5. The lowest BCUT2D eigenvalue weighted by Crippen LogP contribution is -1.98. The number of aromatic nitrogens is 4. The predicted molar refractivity (Wildman–Crippen MR) is 70.9 cm³/mol. The Morgan fingerprint density at radius 3 is 2.68 bits per heavy atom. The van der Waals surface area contributed by atoms with Gasteiger partial charge in [0.15, 0.2) is 11.5 Å². The first-order valence-electron chi connectivity index (χ1n) is 5.40. The molecule has 0 aliphatic heterocycles. The van der Waals surface area contributed by atoms with Gasteiger partial charge in [0.1, 0.15) is 16.8 Å². The molecule has 0 unspecified atom stereocenters. The maximum atomic E-state index is 13.1. The van der Waals surface area contributed by atoms with Gasteiger partial charge < -0.3 is 0 Å². The Balaban J connectivity index is 2.31. The molecule has 1 aromatic carbocycles. The minimum absolute atomic E-state index is 0.267. The van der Waals surface area contributed by atoms with Gasteiger partial charge in [0.05, 0.1) is 5.02 Å². The number of fused-ring (bicyclic) bond motifs is 1. The third-order valence-electron chi connectivity index (χ3n) is 2.70. The largest absolute Gasteiger partial charge is 0.263 e. The number of halogens is 3. The number of hydrogen-bond acceptors (Lipinski definition) is 3. The third-order valence-corrected chi connectivity index (χ3v) is 3.21. The molecule has 0 N–H and O–H groups in total. The average Bonchev–Trinajstić information content (AvgIpc) is 2.72. The quantitative estimate of drug-likeness (QED) is 0.645. The monoisotopic (exact) mass is 296 g/mol. The summed E-state index contributed by atoms with van der Waals surface area (Å²) in [5.41, 5.74) is 1.15. The lowest BCUT2D eigenvalue weighted by atomic mass is 10.2. The Hall–Kier alpha value is -1.72. The zero-order valence-electron chi connectivity index (χ0n) is 9.73. The second kappa shape index (κ2) is 4.43. The molecule has 3 rings (SSSR count). The molecule has 0 radical (unpaired) electrons. The van der Waals surface area contributed by atoms with E-state index in [0.717, 1.165) is 0 Å². The number of benzene rings is 1. The Bertz CT molecular complexity index is 785. The fourth-order valence-corrected chi connectivity index (χ4v) is 2.37. The van der Waals surface area contributed by atoms with Gasteiger partial charge in [-0.15, -0.1) is 10.2 Å². The number of nitrogens with zero attached hydrogens (tertiary/aromatic N) is 4. The minimum atomic E-state index is -0.402. The summed E-state index contributed by atoms with van der Waals surface area (Å²) < 4.78 is 14.8. The third kappa shape index (κ3) is 2.05. The van der Waals surface area contributed by atoms with E-state index < -0.39 is 5.82 Å². The van der Waals surface area contributed by atoms with Crippen molar-refractivity contribution in [3.63, 3.8) is 0 Å². The molecular formula is C12H7Cl2FN4. The van der Waals surface area contributed by atoms with E-state index >= 15 is 0 Å². The molecule has 2 aromatic heterocycles. The van der Waals surface area contributed by atoms with Gasteiger partial charge in [-0.1, -0.05) is 23.2 Å². The van der Waals surface area contributed by atoms with E-state index in [-0.39, 0.29) is 5.02 Å². The van der Waals surface area contributed by atoms with E-state index in [1.807, 2.05) is 0 Å². The summed E-state index contributed by atoms with van der Waals surface area (Å²) >= 11 is 11.9. The molecule has 0 fully saturated rings. The fraction of sp³-hybridized carbons (Fsp3) is 0.0833. The molecule has 0 amide bonds. The minimum Gasteiger partial charge on any atom is -0.263 e. The van der Waals surface area contributed by atoms with Gasteiger partial charge in [-0.3, -0.25) is 4.40 Å². The summed E-state index contributed by atoms with van der Waals surface area (Å²) in [6, 6.07) is 5.71. The number of hydrogen-bond donors (Lipinski definition) is 0. The van der Waals surface area contributed by atoms with Gasteiger partial charge in [0.25, 0.3) is 0 Å². The van der Waals surface area contributed by atoms with Crippen LogP contribution >= 0.6 is 23.2 Å². The maximum absolute atomic E-state index is 13.1. The molecule has 19 heavy (non-hydrogen) atoms. The van der Waals surface area contributed by atoms with Crippen molar-refractivity contribution in [3.8, 4) is 11.4 Å². The van der Waals surface area contributed by atoms with Crippen molar-refractivity contribution in [2.75, 3.05) is 0 Å². The molecule has 0 spiro atoms. The first-order chi connectivity index (χ1) is 9.06. The van der Waals surface area contributed by atoms with Crippen LogP contribution < -0.4 is 0 Å². The van der Waals surface area contributed by atoms with E-state index in [1.165, 1.54) is 12.1 Å². The first-order valence-corrected chi connectivity index (χ1v) is 6.15. The van der Waals surface area contributed by atoms with Crippen molar-refractivity contribution >= 4 is 28.8 Å². The fourth-order valence-electron chi connectivity index (χ4n) is 1.90. The lowest BCUT2D eigenvalue weighted by molar-refractivity contribution is 0.628. The molecule has 2 heterocycles. The van der Waals surface area contributed by atoms with Gasteiger partial charge in [-0.25, -0.2) is 9.37 Å². The van der Waals surface area contributed by atoms with Crippen molar-refractivity contribution in [3.05, 3.63) is 46.1 Å². The summed E-state index contributed by atoms with van der Waals surface area (Å²) in [5.74, 6) is 0.727. The Kier molecular flexibility index (Phi) is 2.88. The van der Waals surface area contributed by atoms with Crippen molar-refractivity contribution in [1.29, 1.82) is 0 Å². The SMILES string of the molecule is Cc1nc(Cl)cc2nnc(-c3ccc(F)cc3Cl)n12. The lowest BCUT2D eigenvalue weighted by Gasteiger charge is -2.05. The molecule has 0 aliphatic rings. The van der Waals surface area contributed by atoms with Crippen LogP contribution in [0.5, 0.6) is 0 Å². The van der Waals surface area contributed by atoms with Gasteiger partial charge >= 0.3 is 0 Å². The van der Waals surface area contributed by atoms with Crippen molar-refractivity contribution in [2.24, 2.45) is 0 Å². The van der Waals surface area contributed by atoms with E-state index in [0.29, 0.717) is 28.0 Å². The summed E-state index contributed by atoms with van der Waals surface area (Å²) in [6.07, 6.45) is 0. The zero-order valence-corrected chi connectivity index (χ0v) is 11.2. The maximum Gasteiger partial charge on any atom is 0.171 e. The Morgan fingerprint density at radius 2 is 1.95 bits per heavy atom. The second-order valence-electron chi connectivity index (χ2n) is 3.97. The highest BCUT2D eigenvalue weighted by molar-refractivity contribution is 6.33. The highest BCUT2D eigenvalue weighted by Gasteiger charge is 2.14. The van der Waals surface area contributed by atoms with Crippen molar-refractivity contribution in [2.45, 2.75) is 6.92 Å². The average molecular weight is 297 g/mol. The molecule has 0 saturated carbocycles. The highest BCUT2D eigenvalue weighted by Crippen LogP contribution is 2.28. The van der Waals surface area contributed by atoms with Crippen LogP contribution in [0.2, 0.25) is 10.2 Å². The molecule has 3 aromatic rings. The van der Waals surface area contributed by atoms with Crippen LogP contribution in [-0.2, 0) is 0 Å². The van der Waals surface area contributed by atoms with E-state index in [2.05, 4.69) is 15.2 Å². The summed E-state index contributed by atoms with van der Waals surface area (Å²) in [6.45, 7) is 1.78. The smallest absolute Gasteiger partial charge is 0.171 e. The predicted octanol–water partition coefficient (Wildman–Crippen LogP) is 3.55. The van der Waals surface area contributed by atoms with Crippen LogP contribution in [0.4, 0.5) is 4.39 Å². The van der Waals surface area contributed by atoms with Gasteiger partial charge in [-0.2, -0.15) is 0 Å². The van der Waals surface area contributed by atoms with E-state index in [1.54, 1.807) is 23.5 Å². The molecule has 0 aliphatic carbocycles.